The Kier molecular flexibility index (Phi) is 2.44. The average Bonchev–Trinajstić information content (AvgIpc) is 2.45. The second-order valence-electron chi connectivity index (χ2n) is 5.30. The Morgan fingerprint density at radius 1 is 1.36 bits per heavy atom. The van der Waals surface area contributed by atoms with Crippen molar-refractivity contribution in [2.45, 2.75) is 39.2 Å². The van der Waals surface area contributed by atoms with E-state index in [1.54, 1.807) is 10.4 Å². The minimum absolute atomic E-state index is 0.320. The lowest BCUT2D eigenvalue weighted by Crippen LogP contribution is -2.24. The summed E-state index contributed by atoms with van der Waals surface area (Å²) >= 11 is 2.00. The zero-order valence-electron chi connectivity index (χ0n) is 9.55. The molecule has 0 bridgehead atoms. The normalized spacial score (nSPS) is 18.3. The van der Waals surface area contributed by atoms with Crippen molar-refractivity contribution in [3.63, 3.8) is 0 Å². The zero-order chi connectivity index (χ0) is 10.3. The molecule has 0 atom stereocenters. The molecule has 1 nitrogen and oxygen atoms in total. The number of thiophene rings is 1. The fourth-order valence-corrected chi connectivity index (χ4v) is 3.17. The van der Waals surface area contributed by atoms with Crippen molar-refractivity contribution in [3.05, 3.63) is 21.4 Å². The van der Waals surface area contributed by atoms with Crippen LogP contribution in [0.25, 0.3) is 0 Å². The summed E-state index contributed by atoms with van der Waals surface area (Å²) in [7, 11) is 2.21. The minimum Gasteiger partial charge on any atom is -0.301 e. The second kappa shape index (κ2) is 3.35. The van der Waals surface area contributed by atoms with Crippen LogP contribution in [-0.4, -0.2) is 18.5 Å². The number of nitrogens with zero attached hydrogens (tertiary/aromatic N) is 1. The highest BCUT2D eigenvalue weighted by Gasteiger charge is 2.22. The van der Waals surface area contributed by atoms with Gasteiger partial charge in [-0.2, -0.15) is 0 Å². The maximum atomic E-state index is 2.42. The molecule has 0 aliphatic carbocycles. The molecule has 2 heteroatoms. The third-order valence-corrected chi connectivity index (χ3v) is 4.40. The molecule has 1 aliphatic rings. The highest BCUT2D eigenvalue weighted by Crippen LogP contribution is 2.34. The van der Waals surface area contributed by atoms with Crippen molar-refractivity contribution < 1.29 is 0 Å². The summed E-state index contributed by atoms with van der Waals surface area (Å²) in [4.78, 5) is 5.53. The van der Waals surface area contributed by atoms with E-state index < -0.39 is 0 Å². The van der Waals surface area contributed by atoms with Crippen LogP contribution in [0.15, 0.2) is 6.07 Å². The SMILES string of the molecule is CN1CCc2cc(C(C)(C)C)sc2C1. The number of fused-ring (bicyclic) bond motifs is 1. The first-order valence-corrected chi connectivity index (χ1v) is 6.09. The van der Waals surface area contributed by atoms with E-state index in [1.165, 1.54) is 17.8 Å². The zero-order valence-corrected chi connectivity index (χ0v) is 10.4. The van der Waals surface area contributed by atoms with Gasteiger partial charge in [0.2, 0.25) is 0 Å². The number of hydrogen-bond donors (Lipinski definition) is 0. The molecule has 14 heavy (non-hydrogen) atoms. The summed E-state index contributed by atoms with van der Waals surface area (Å²) in [5.41, 5.74) is 1.92. The van der Waals surface area contributed by atoms with Gasteiger partial charge in [-0.15, -0.1) is 11.3 Å². The van der Waals surface area contributed by atoms with E-state index in [9.17, 15) is 0 Å². The predicted octanol–water partition coefficient (Wildman–Crippen LogP) is 3.03. The van der Waals surface area contributed by atoms with Crippen LogP contribution < -0.4 is 0 Å². The summed E-state index contributed by atoms with van der Waals surface area (Å²) in [5.74, 6) is 0. The van der Waals surface area contributed by atoms with Gasteiger partial charge in [0.05, 0.1) is 0 Å². The first-order valence-electron chi connectivity index (χ1n) is 5.27. The Morgan fingerprint density at radius 3 is 2.71 bits per heavy atom. The Morgan fingerprint density at radius 2 is 2.07 bits per heavy atom. The highest BCUT2D eigenvalue weighted by molar-refractivity contribution is 7.12. The van der Waals surface area contributed by atoms with Gasteiger partial charge in [-0.05, 0) is 30.5 Å². The lowest BCUT2D eigenvalue weighted by molar-refractivity contribution is 0.317. The molecule has 0 N–H and O–H groups in total. The lowest BCUT2D eigenvalue weighted by atomic mass is 9.93. The molecule has 1 aromatic heterocycles. The molecule has 2 rings (SSSR count). The van der Waals surface area contributed by atoms with Gasteiger partial charge in [-0.3, -0.25) is 0 Å². The van der Waals surface area contributed by atoms with Crippen molar-refractivity contribution in [2.75, 3.05) is 13.6 Å². The van der Waals surface area contributed by atoms with Crippen molar-refractivity contribution in [1.82, 2.24) is 4.90 Å². The van der Waals surface area contributed by atoms with E-state index in [-0.39, 0.29) is 0 Å². The van der Waals surface area contributed by atoms with Gasteiger partial charge in [-0.25, -0.2) is 0 Å². The molecule has 1 aliphatic heterocycles. The lowest BCUT2D eigenvalue weighted by Gasteiger charge is -2.21. The van der Waals surface area contributed by atoms with Crippen LogP contribution in [-0.2, 0) is 18.4 Å². The van der Waals surface area contributed by atoms with Crippen LogP contribution >= 0.6 is 11.3 Å². The monoisotopic (exact) mass is 209 g/mol. The summed E-state index contributed by atoms with van der Waals surface area (Å²) in [6.45, 7) is 9.26. The Bertz CT molecular complexity index is 333. The largest absolute Gasteiger partial charge is 0.301 e. The van der Waals surface area contributed by atoms with Gasteiger partial charge < -0.3 is 4.90 Å². The molecular weight excluding hydrogens is 190 g/mol. The smallest absolute Gasteiger partial charge is 0.0327 e. The number of likely N-dealkylation sites (N-methyl/N-ethyl adjacent to an activating group) is 1. The first-order chi connectivity index (χ1) is 6.47. The standard InChI is InChI=1S/C12H19NS/c1-12(2,3)11-7-9-5-6-13(4)8-10(9)14-11/h7H,5-6,8H2,1-4H3. The van der Waals surface area contributed by atoms with E-state index in [4.69, 9.17) is 0 Å². The molecule has 0 radical (unpaired) electrons. The minimum atomic E-state index is 0.320. The Labute approximate surface area is 90.7 Å². The quantitative estimate of drug-likeness (QED) is 0.635. The molecule has 0 saturated heterocycles. The van der Waals surface area contributed by atoms with E-state index in [0.717, 1.165) is 6.54 Å². The third-order valence-electron chi connectivity index (χ3n) is 2.81. The predicted molar refractivity (Wildman–Crippen MR) is 63.1 cm³/mol. The van der Waals surface area contributed by atoms with Gasteiger partial charge >= 0.3 is 0 Å². The van der Waals surface area contributed by atoms with Gasteiger partial charge in [0.15, 0.2) is 0 Å². The number of hydrogen-bond acceptors (Lipinski definition) is 2. The van der Waals surface area contributed by atoms with Crippen LogP contribution in [0.2, 0.25) is 0 Å². The van der Waals surface area contributed by atoms with Crippen LogP contribution in [0.5, 0.6) is 0 Å². The van der Waals surface area contributed by atoms with Crippen LogP contribution in [0, 0.1) is 0 Å². The van der Waals surface area contributed by atoms with E-state index >= 15 is 0 Å². The van der Waals surface area contributed by atoms with Crippen LogP contribution in [0.1, 0.15) is 36.1 Å². The maximum absolute atomic E-state index is 2.42. The number of rotatable bonds is 0. The van der Waals surface area contributed by atoms with Crippen molar-refractivity contribution >= 4 is 11.3 Å². The molecule has 78 valence electrons. The molecule has 1 aromatic rings. The maximum Gasteiger partial charge on any atom is 0.0327 e. The van der Waals surface area contributed by atoms with Gasteiger partial charge in [0.1, 0.15) is 0 Å². The third kappa shape index (κ3) is 1.86. The van der Waals surface area contributed by atoms with Crippen LogP contribution in [0.4, 0.5) is 0 Å². The molecule has 0 saturated carbocycles. The van der Waals surface area contributed by atoms with E-state index in [1.807, 2.05) is 11.3 Å². The molecule has 0 fully saturated rings. The summed E-state index contributed by atoms with van der Waals surface area (Å²) < 4.78 is 0. The molecule has 0 spiro atoms. The van der Waals surface area contributed by atoms with Crippen molar-refractivity contribution in [2.24, 2.45) is 0 Å². The molecule has 0 aromatic carbocycles. The van der Waals surface area contributed by atoms with Crippen molar-refractivity contribution in [1.29, 1.82) is 0 Å². The second-order valence-corrected chi connectivity index (χ2v) is 6.43. The van der Waals surface area contributed by atoms with Gasteiger partial charge in [-0.1, -0.05) is 20.8 Å². The highest BCUT2D eigenvalue weighted by atomic mass is 32.1. The van der Waals surface area contributed by atoms with Crippen LogP contribution in [0.3, 0.4) is 0 Å². The topological polar surface area (TPSA) is 3.24 Å². The van der Waals surface area contributed by atoms with E-state index in [0.29, 0.717) is 5.41 Å². The molecule has 2 heterocycles. The first kappa shape index (κ1) is 10.2. The molecular formula is C12H19NS. The van der Waals surface area contributed by atoms with Gasteiger partial charge in [0.25, 0.3) is 0 Å². The average molecular weight is 209 g/mol. The van der Waals surface area contributed by atoms with E-state index in [2.05, 4.69) is 38.8 Å². The fourth-order valence-electron chi connectivity index (χ4n) is 1.82. The summed E-state index contributed by atoms with van der Waals surface area (Å²) in [6.07, 6.45) is 1.23. The van der Waals surface area contributed by atoms with Gasteiger partial charge in [0, 0.05) is 22.8 Å². The molecule has 0 amide bonds. The Hall–Kier alpha value is -0.340. The summed E-state index contributed by atoms with van der Waals surface area (Å²) in [5, 5.41) is 0. The van der Waals surface area contributed by atoms with Crippen molar-refractivity contribution in [3.8, 4) is 0 Å². The summed E-state index contributed by atoms with van der Waals surface area (Å²) in [6, 6.07) is 2.42. The Balaban J connectivity index is 2.32. The fraction of sp³-hybridized carbons (Fsp3) is 0.667. The molecule has 0 unspecified atom stereocenters.